The topological polar surface area (TPSA) is 51.2 Å². The number of fused-ring (bicyclic) bond motifs is 1. The summed E-state index contributed by atoms with van der Waals surface area (Å²) in [7, 11) is 0. The third kappa shape index (κ3) is 1.42. The van der Waals surface area contributed by atoms with Crippen molar-refractivity contribution in [1.29, 1.82) is 0 Å². The number of hydrogen-bond acceptors (Lipinski definition) is 3. The molecule has 74 valence electrons. The Kier molecular flexibility index (Phi) is 1.89. The lowest BCUT2D eigenvalue weighted by Gasteiger charge is -2.30. The molecule has 14 heavy (non-hydrogen) atoms. The van der Waals surface area contributed by atoms with Crippen LogP contribution in [0, 0.1) is 0 Å². The van der Waals surface area contributed by atoms with E-state index < -0.39 is 5.60 Å². The number of rotatable bonds is 0. The Hall–Kier alpha value is -1.29. The van der Waals surface area contributed by atoms with Crippen molar-refractivity contribution in [2.75, 3.05) is 5.32 Å². The molecule has 0 saturated heterocycles. The summed E-state index contributed by atoms with van der Waals surface area (Å²) >= 11 is 5.73. The number of carbonyl (C=O) groups is 1. The van der Waals surface area contributed by atoms with E-state index in [1.165, 1.54) is 6.20 Å². The molecule has 0 aromatic carbocycles. The Balaban J connectivity index is 2.46. The van der Waals surface area contributed by atoms with Crippen molar-refractivity contribution in [2.45, 2.75) is 19.4 Å². The molecule has 5 heteroatoms. The first-order valence-corrected chi connectivity index (χ1v) is 4.53. The highest BCUT2D eigenvalue weighted by molar-refractivity contribution is 6.30. The monoisotopic (exact) mass is 212 g/mol. The lowest BCUT2D eigenvalue weighted by molar-refractivity contribution is -0.129. The number of hydrogen-bond donors (Lipinski definition) is 1. The Bertz CT molecular complexity index is 404. The molecule has 4 nitrogen and oxygen atoms in total. The minimum absolute atomic E-state index is 0.200. The summed E-state index contributed by atoms with van der Waals surface area (Å²) in [4.78, 5) is 15.5. The number of amides is 1. The summed E-state index contributed by atoms with van der Waals surface area (Å²) in [6.45, 7) is 3.36. The van der Waals surface area contributed by atoms with Gasteiger partial charge in [0.05, 0.1) is 5.02 Å². The van der Waals surface area contributed by atoms with Crippen molar-refractivity contribution in [1.82, 2.24) is 4.98 Å². The lowest BCUT2D eigenvalue weighted by Crippen LogP contribution is -2.45. The molecule has 1 aliphatic heterocycles. The van der Waals surface area contributed by atoms with Crippen LogP contribution < -0.4 is 10.1 Å². The summed E-state index contributed by atoms with van der Waals surface area (Å²) in [5, 5.41) is 3.15. The smallest absolute Gasteiger partial charge is 0.268 e. The van der Waals surface area contributed by atoms with Gasteiger partial charge in [0, 0.05) is 6.20 Å². The number of halogens is 1. The molecule has 0 bridgehead atoms. The first-order valence-electron chi connectivity index (χ1n) is 4.15. The van der Waals surface area contributed by atoms with Crippen LogP contribution in [0.15, 0.2) is 12.3 Å². The number of aromatic nitrogens is 1. The number of nitrogens with zero attached hydrogens (tertiary/aromatic N) is 1. The van der Waals surface area contributed by atoms with E-state index in [0.717, 1.165) is 0 Å². The number of ether oxygens (including phenoxy) is 1. The molecule has 0 atom stereocenters. The van der Waals surface area contributed by atoms with Gasteiger partial charge in [-0.1, -0.05) is 11.6 Å². The van der Waals surface area contributed by atoms with Crippen molar-refractivity contribution in [3.63, 3.8) is 0 Å². The van der Waals surface area contributed by atoms with E-state index in [-0.39, 0.29) is 5.91 Å². The second-order valence-corrected chi connectivity index (χ2v) is 4.01. The van der Waals surface area contributed by atoms with Gasteiger partial charge in [0.2, 0.25) is 5.88 Å². The number of anilines is 1. The van der Waals surface area contributed by atoms with Crippen molar-refractivity contribution < 1.29 is 9.53 Å². The largest absolute Gasteiger partial charge is 0.460 e. The van der Waals surface area contributed by atoms with Gasteiger partial charge in [0.15, 0.2) is 5.60 Å². The molecule has 0 unspecified atom stereocenters. The molecule has 2 heterocycles. The van der Waals surface area contributed by atoms with Gasteiger partial charge in [-0.05, 0) is 19.9 Å². The van der Waals surface area contributed by atoms with E-state index >= 15 is 0 Å². The molecule has 1 N–H and O–H groups in total. The maximum atomic E-state index is 11.5. The zero-order valence-corrected chi connectivity index (χ0v) is 8.55. The molecule has 0 spiro atoms. The van der Waals surface area contributed by atoms with Gasteiger partial charge in [0.25, 0.3) is 5.91 Å². The molecule has 1 amide bonds. The normalized spacial score (nSPS) is 18.1. The van der Waals surface area contributed by atoms with Crippen LogP contribution in [-0.4, -0.2) is 16.5 Å². The highest BCUT2D eigenvalue weighted by Gasteiger charge is 2.36. The van der Waals surface area contributed by atoms with Gasteiger partial charge in [-0.2, -0.15) is 0 Å². The predicted molar refractivity (Wildman–Crippen MR) is 52.6 cm³/mol. The second kappa shape index (κ2) is 2.85. The maximum Gasteiger partial charge on any atom is 0.268 e. The molecule has 1 aromatic heterocycles. The molecule has 1 aromatic rings. The minimum Gasteiger partial charge on any atom is -0.460 e. The van der Waals surface area contributed by atoms with E-state index in [4.69, 9.17) is 16.3 Å². The number of carbonyl (C=O) groups excluding carboxylic acids is 1. The molecule has 0 fully saturated rings. The Morgan fingerprint density at radius 3 is 3.00 bits per heavy atom. The zero-order valence-electron chi connectivity index (χ0n) is 7.80. The van der Waals surface area contributed by atoms with Crippen LogP contribution in [0.5, 0.6) is 5.88 Å². The first-order chi connectivity index (χ1) is 6.49. The van der Waals surface area contributed by atoms with E-state index in [0.29, 0.717) is 16.6 Å². The Morgan fingerprint density at radius 1 is 1.57 bits per heavy atom. The molecular formula is C9H9ClN2O2. The lowest BCUT2D eigenvalue weighted by atomic mass is 10.1. The highest BCUT2D eigenvalue weighted by Crippen LogP contribution is 2.32. The Morgan fingerprint density at radius 2 is 2.29 bits per heavy atom. The standard InChI is InChI=1S/C9H9ClN2O2/c1-9(2)8(13)12-6-3-5(10)4-11-7(6)14-9/h3-4H,1-2H3,(H,12,13). The summed E-state index contributed by atoms with van der Waals surface area (Å²) in [5.74, 6) is 0.202. The minimum atomic E-state index is -0.881. The summed E-state index contributed by atoms with van der Waals surface area (Å²) in [6, 6.07) is 1.61. The number of pyridine rings is 1. The average Bonchev–Trinajstić information content (AvgIpc) is 2.08. The van der Waals surface area contributed by atoms with Crippen LogP contribution in [0.1, 0.15) is 13.8 Å². The van der Waals surface area contributed by atoms with Crippen molar-refractivity contribution in [3.8, 4) is 5.88 Å². The van der Waals surface area contributed by atoms with Crippen molar-refractivity contribution in [2.24, 2.45) is 0 Å². The van der Waals surface area contributed by atoms with Crippen LogP contribution in [0.4, 0.5) is 5.69 Å². The summed E-state index contributed by atoms with van der Waals surface area (Å²) in [6.07, 6.45) is 1.48. The van der Waals surface area contributed by atoms with E-state index in [1.54, 1.807) is 19.9 Å². The fourth-order valence-electron chi connectivity index (χ4n) is 1.16. The fourth-order valence-corrected chi connectivity index (χ4v) is 1.32. The van der Waals surface area contributed by atoms with Crippen molar-refractivity contribution >= 4 is 23.2 Å². The quantitative estimate of drug-likeness (QED) is 0.714. The third-order valence-electron chi connectivity index (χ3n) is 1.96. The summed E-state index contributed by atoms with van der Waals surface area (Å²) in [5.41, 5.74) is -0.366. The van der Waals surface area contributed by atoms with Gasteiger partial charge in [-0.3, -0.25) is 4.79 Å². The molecule has 0 aliphatic carbocycles. The highest BCUT2D eigenvalue weighted by atomic mass is 35.5. The van der Waals surface area contributed by atoms with Crippen molar-refractivity contribution in [3.05, 3.63) is 17.3 Å². The van der Waals surface area contributed by atoms with Gasteiger partial charge >= 0.3 is 0 Å². The Labute approximate surface area is 86.2 Å². The summed E-state index contributed by atoms with van der Waals surface area (Å²) < 4.78 is 5.40. The molecule has 1 aliphatic rings. The van der Waals surface area contributed by atoms with Gasteiger partial charge in [-0.15, -0.1) is 0 Å². The van der Waals surface area contributed by atoms with E-state index in [9.17, 15) is 4.79 Å². The third-order valence-corrected chi connectivity index (χ3v) is 2.17. The molecule has 0 saturated carbocycles. The molecule has 0 radical (unpaired) electrons. The van der Waals surface area contributed by atoms with Crippen LogP contribution in [0.3, 0.4) is 0 Å². The maximum absolute atomic E-state index is 11.5. The van der Waals surface area contributed by atoms with Gasteiger partial charge in [0.1, 0.15) is 5.69 Å². The molecule has 2 rings (SSSR count). The SMILES string of the molecule is CC1(C)Oc2ncc(Cl)cc2NC1=O. The van der Waals surface area contributed by atoms with Crippen LogP contribution in [0.2, 0.25) is 5.02 Å². The average molecular weight is 213 g/mol. The van der Waals surface area contributed by atoms with Crippen LogP contribution in [0.25, 0.3) is 0 Å². The fraction of sp³-hybridized carbons (Fsp3) is 0.333. The number of nitrogens with one attached hydrogen (secondary N) is 1. The predicted octanol–water partition coefficient (Wildman–Crippen LogP) is 1.84. The van der Waals surface area contributed by atoms with Gasteiger partial charge in [-0.25, -0.2) is 4.98 Å². The van der Waals surface area contributed by atoms with Crippen LogP contribution in [-0.2, 0) is 4.79 Å². The molecular weight excluding hydrogens is 204 g/mol. The van der Waals surface area contributed by atoms with E-state index in [2.05, 4.69) is 10.3 Å². The first kappa shape index (κ1) is 9.27. The zero-order chi connectivity index (χ0) is 10.3. The van der Waals surface area contributed by atoms with Crippen LogP contribution >= 0.6 is 11.6 Å². The van der Waals surface area contributed by atoms with Gasteiger partial charge < -0.3 is 10.1 Å². The van der Waals surface area contributed by atoms with E-state index in [1.807, 2.05) is 0 Å². The second-order valence-electron chi connectivity index (χ2n) is 3.57.